The van der Waals surface area contributed by atoms with Gasteiger partial charge in [-0.2, -0.15) is 0 Å². The maximum atomic E-state index is 11.5. The molecule has 0 aromatic carbocycles. The number of carbonyl (C=O) groups excluding carboxylic acids is 1. The van der Waals surface area contributed by atoms with Crippen molar-refractivity contribution >= 4 is 28.8 Å². The molecule has 0 radical (unpaired) electrons. The molecule has 0 saturated carbocycles. The molecule has 7 heteroatoms. The highest BCUT2D eigenvalue weighted by Crippen LogP contribution is 2.31. The fourth-order valence-electron chi connectivity index (χ4n) is 1.21. The van der Waals surface area contributed by atoms with Crippen molar-refractivity contribution in [3.63, 3.8) is 0 Å². The van der Waals surface area contributed by atoms with Crippen LogP contribution in [0.5, 0.6) is 0 Å². The van der Waals surface area contributed by atoms with Gasteiger partial charge in [0.2, 0.25) is 0 Å². The summed E-state index contributed by atoms with van der Waals surface area (Å²) in [4.78, 5) is 12.3. The smallest absolute Gasteiger partial charge is 0.273 e. The second-order valence-corrected chi connectivity index (χ2v) is 4.87. The van der Waals surface area contributed by atoms with Gasteiger partial charge in [-0.15, -0.1) is 11.3 Å². The van der Waals surface area contributed by atoms with E-state index in [1.165, 1.54) is 17.4 Å². The predicted molar refractivity (Wildman–Crippen MR) is 64.2 cm³/mol. The zero-order chi connectivity index (χ0) is 12.3. The van der Waals surface area contributed by atoms with Gasteiger partial charge in [-0.3, -0.25) is 4.79 Å². The van der Waals surface area contributed by atoms with E-state index in [-0.39, 0.29) is 24.8 Å². The van der Waals surface area contributed by atoms with Crippen LogP contribution in [-0.4, -0.2) is 29.3 Å². The molecular weight excluding hydrogens is 264 g/mol. The molecule has 1 amide bonds. The van der Waals surface area contributed by atoms with Crippen LogP contribution < -0.4 is 5.32 Å². The molecule has 2 heterocycles. The monoisotopic (exact) mass is 272 g/mol. The quantitative estimate of drug-likeness (QED) is 0.890. The average molecular weight is 273 g/mol. The number of aromatic nitrogens is 1. The van der Waals surface area contributed by atoms with Crippen molar-refractivity contribution in [1.82, 2.24) is 10.5 Å². The average Bonchev–Trinajstić information content (AvgIpc) is 2.93. The van der Waals surface area contributed by atoms with Crippen molar-refractivity contribution in [3.05, 3.63) is 28.2 Å². The lowest BCUT2D eigenvalue weighted by Gasteiger charge is -1.96. The molecule has 0 aliphatic carbocycles. The first-order valence-electron chi connectivity index (χ1n) is 4.82. The molecule has 0 atom stereocenters. The first kappa shape index (κ1) is 12.1. The Morgan fingerprint density at radius 2 is 2.41 bits per heavy atom. The maximum Gasteiger partial charge on any atom is 0.273 e. The van der Waals surface area contributed by atoms with Crippen molar-refractivity contribution in [2.75, 3.05) is 13.2 Å². The fourth-order valence-corrected chi connectivity index (χ4v) is 2.20. The SMILES string of the molecule is O=C(NCCO)c1cc(-c2ccc(Cl)s2)on1. The number of thiophene rings is 1. The van der Waals surface area contributed by atoms with Crippen molar-refractivity contribution in [2.45, 2.75) is 0 Å². The van der Waals surface area contributed by atoms with E-state index in [9.17, 15) is 4.79 Å². The van der Waals surface area contributed by atoms with Gasteiger partial charge >= 0.3 is 0 Å². The molecule has 2 aromatic heterocycles. The molecule has 2 N–H and O–H groups in total. The second-order valence-electron chi connectivity index (χ2n) is 3.16. The Hall–Kier alpha value is -1.37. The molecule has 0 fully saturated rings. The van der Waals surface area contributed by atoms with Gasteiger partial charge in [-0.05, 0) is 12.1 Å². The molecular formula is C10H9ClN2O3S. The molecule has 90 valence electrons. The van der Waals surface area contributed by atoms with Crippen LogP contribution in [0.25, 0.3) is 10.6 Å². The number of hydrogen-bond donors (Lipinski definition) is 2. The number of aliphatic hydroxyl groups is 1. The summed E-state index contributed by atoms with van der Waals surface area (Å²) in [6, 6.07) is 5.08. The molecule has 0 aliphatic rings. The largest absolute Gasteiger partial charge is 0.395 e. The number of halogens is 1. The lowest BCUT2D eigenvalue weighted by Crippen LogP contribution is -2.26. The fraction of sp³-hybridized carbons (Fsp3) is 0.200. The van der Waals surface area contributed by atoms with Crippen molar-refractivity contribution < 1.29 is 14.4 Å². The third-order valence-electron chi connectivity index (χ3n) is 1.96. The molecule has 0 aliphatic heterocycles. The lowest BCUT2D eigenvalue weighted by atomic mass is 10.3. The van der Waals surface area contributed by atoms with Gasteiger partial charge in [0.25, 0.3) is 5.91 Å². The molecule has 0 bridgehead atoms. The molecule has 0 spiro atoms. The zero-order valence-corrected chi connectivity index (χ0v) is 10.2. The van der Waals surface area contributed by atoms with Crippen molar-refractivity contribution in [3.8, 4) is 10.6 Å². The third kappa shape index (κ3) is 2.85. The first-order chi connectivity index (χ1) is 8.20. The van der Waals surface area contributed by atoms with Crippen LogP contribution in [0.1, 0.15) is 10.5 Å². The van der Waals surface area contributed by atoms with Crippen LogP contribution in [0, 0.1) is 0 Å². The van der Waals surface area contributed by atoms with Crippen LogP contribution in [0.4, 0.5) is 0 Å². The molecule has 0 saturated heterocycles. The summed E-state index contributed by atoms with van der Waals surface area (Å²) in [5.41, 5.74) is 0.179. The normalized spacial score (nSPS) is 10.5. The van der Waals surface area contributed by atoms with E-state index in [4.69, 9.17) is 21.2 Å². The van der Waals surface area contributed by atoms with E-state index in [0.29, 0.717) is 10.1 Å². The highest BCUT2D eigenvalue weighted by Gasteiger charge is 2.14. The minimum Gasteiger partial charge on any atom is -0.395 e. The third-order valence-corrected chi connectivity index (χ3v) is 3.20. The number of hydrogen-bond acceptors (Lipinski definition) is 5. The van der Waals surface area contributed by atoms with Crippen LogP contribution in [0.15, 0.2) is 22.7 Å². The lowest BCUT2D eigenvalue weighted by molar-refractivity contribution is 0.0936. The number of nitrogens with zero attached hydrogens (tertiary/aromatic N) is 1. The predicted octanol–water partition coefficient (Wildman–Crippen LogP) is 1.78. The summed E-state index contributed by atoms with van der Waals surface area (Å²) in [6.45, 7) is 0.0723. The standard InChI is InChI=1S/C10H9ClN2O3S/c11-9-2-1-8(17-9)7-5-6(13-16-7)10(15)12-3-4-14/h1-2,5,14H,3-4H2,(H,12,15). The van der Waals surface area contributed by atoms with E-state index in [1.54, 1.807) is 12.1 Å². The topological polar surface area (TPSA) is 75.4 Å². The van der Waals surface area contributed by atoms with Gasteiger partial charge in [0.05, 0.1) is 15.8 Å². The van der Waals surface area contributed by atoms with E-state index in [1.807, 2.05) is 0 Å². The van der Waals surface area contributed by atoms with E-state index in [2.05, 4.69) is 10.5 Å². The summed E-state index contributed by atoms with van der Waals surface area (Å²) in [6.07, 6.45) is 0. The Labute approximate surface area is 106 Å². The van der Waals surface area contributed by atoms with Crippen molar-refractivity contribution in [2.24, 2.45) is 0 Å². The zero-order valence-electron chi connectivity index (χ0n) is 8.64. The maximum absolute atomic E-state index is 11.5. The Morgan fingerprint density at radius 3 is 3.06 bits per heavy atom. The highest BCUT2D eigenvalue weighted by atomic mass is 35.5. The molecule has 5 nitrogen and oxygen atoms in total. The Kier molecular flexibility index (Phi) is 3.78. The van der Waals surface area contributed by atoms with Gasteiger partial charge in [0.15, 0.2) is 11.5 Å². The summed E-state index contributed by atoms with van der Waals surface area (Å²) in [5, 5.41) is 14.7. The number of rotatable bonds is 4. The van der Waals surface area contributed by atoms with E-state index in [0.717, 1.165) is 4.88 Å². The summed E-state index contributed by atoms with van der Waals surface area (Å²) >= 11 is 7.14. The molecule has 2 aromatic rings. The second kappa shape index (κ2) is 5.31. The Bertz CT molecular complexity index is 523. The summed E-state index contributed by atoms with van der Waals surface area (Å²) in [7, 11) is 0. The number of aliphatic hydroxyl groups excluding tert-OH is 1. The van der Waals surface area contributed by atoms with Crippen LogP contribution in [0.2, 0.25) is 4.34 Å². The summed E-state index contributed by atoms with van der Waals surface area (Å²) in [5.74, 6) is 0.118. The highest BCUT2D eigenvalue weighted by molar-refractivity contribution is 7.19. The number of amides is 1. The van der Waals surface area contributed by atoms with Gasteiger partial charge < -0.3 is 14.9 Å². The van der Waals surface area contributed by atoms with Crippen LogP contribution in [-0.2, 0) is 0 Å². The van der Waals surface area contributed by atoms with E-state index >= 15 is 0 Å². The minimum atomic E-state index is -0.378. The molecule has 2 rings (SSSR count). The first-order valence-corrected chi connectivity index (χ1v) is 6.01. The Morgan fingerprint density at radius 1 is 1.59 bits per heavy atom. The van der Waals surface area contributed by atoms with Gasteiger partial charge in [-0.1, -0.05) is 16.8 Å². The minimum absolute atomic E-state index is 0.114. The number of carbonyl (C=O) groups is 1. The van der Waals surface area contributed by atoms with Gasteiger partial charge in [0.1, 0.15) is 0 Å². The summed E-state index contributed by atoms with van der Waals surface area (Å²) < 4.78 is 5.68. The van der Waals surface area contributed by atoms with Gasteiger partial charge in [0, 0.05) is 12.6 Å². The Balaban J connectivity index is 2.13. The molecule has 17 heavy (non-hydrogen) atoms. The molecule has 0 unspecified atom stereocenters. The number of nitrogens with one attached hydrogen (secondary N) is 1. The van der Waals surface area contributed by atoms with Crippen LogP contribution in [0.3, 0.4) is 0 Å². The van der Waals surface area contributed by atoms with Gasteiger partial charge in [-0.25, -0.2) is 0 Å². The van der Waals surface area contributed by atoms with E-state index < -0.39 is 0 Å². The van der Waals surface area contributed by atoms with Crippen molar-refractivity contribution in [1.29, 1.82) is 0 Å². The van der Waals surface area contributed by atoms with Crippen LogP contribution >= 0.6 is 22.9 Å².